The van der Waals surface area contributed by atoms with Crippen molar-refractivity contribution in [1.82, 2.24) is 0 Å². The molecule has 0 aromatic heterocycles. The van der Waals surface area contributed by atoms with Crippen LogP contribution in [0.3, 0.4) is 0 Å². The fourth-order valence-corrected chi connectivity index (χ4v) is 1.81. The van der Waals surface area contributed by atoms with Crippen LogP contribution in [-0.2, 0) is 6.18 Å². The molecule has 1 atom stereocenters. The van der Waals surface area contributed by atoms with Gasteiger partial charge in [-0.25, -0.2) is 4.39 Å². The molecule has 1 fully saturated rings. The molecule has 0 amide bonds. The molecule has 1 saturated carbocycles. The van der Waals surface area contributed by atoms with Crippen molar-refractivity contribution in [2.75, 3.05) is 5.32 Å². The van der Waals surface area contributed by atoms with Crippen LogP contribution in [0.2, 0.25) is 0 Å². The summed E-state index contributed by atoms with van der Waals surface area (Å²) >= 11 is 0. The van der Waals surface area contributed by atoms with E-state index in [2.05, 4.69) is 5.32 Å². The topological polar surface area (TPSA) is 12.0 Å². The van der Waals surface area contributed by atoms with Gasteiger partial charge in [-0.15, -0.1) is 0 Å². The van der Waals surface area contributed by atoms with E-state index in [4.69, 9.17) is 0 Å². The molecule has 1 unspecified atom stereocenters. The predicted octanol–water partition coefficient (Wildman–Crippen LogP) is 4.05. The van der Waals surface area contributed by atoms with Gasteiger partial charge in [0, 0.05) is 11.7 Å². The summed E-state index contributed by atoms with van der Waals surface area (Å²) in [5.41, 5.74) is -0.899. The first-order valence-electron chi connectivity index (χ1n) is 5.51. The molecule has 94 valence electrons. The lowest BCUT2D eigenvalue weighted by Gasteiger charge is -2.16. The summed E-state index contributed by atoms with van der Waals surface area (Å²) in [5.74, 6) is -0.712. The van der Waals surface area contributed by atoms with Crippen LogP contribution in [0.15, 0.2) is 18.2 Å². The molecule has 1 aliphatic carbocycles. The van der Waals surface area contributed by atoms with Crippen molar-refractivity contribution in [3.63, 3.8) is 0 Å². The Labute approximate surface area is 96.8 Å². The summed E-state index contributed by atoms with van der Waals surface area (Å²) in [6, 6.07) is 3.14. The van der Waals surface area contributed by atoms with Crippen molar-refractivity contribution >= 4 is 5.69 Å². The lowest BCUT2D eigenvalue weighted by molar-refractivity contribution is -0.139. The molecule has 1 aliphatic rings. The van der Waals surface area contributed by atoms with Crippen LogP contribution in [0.5, 0.6) is 0 Å². The Morgan fingerprint density at radius 3 is 2.47 bits per heavy atom. The molecule has 17 heavy (non-hydrogen) atoms. The number of rotatable bonds is 3. The zero-order chi connectivity index (χ0) is 12.6. The van der Waals surface area contributed by atoms with Gasteiger partial charge < -0.3 is 5.32 Å². The summed E-state index contributed by atoms with van der Waals surface area (Å²) in [6.07, 6.45) is -2.45. The zero-order valence-electron chi connectivity index (χ0n) is 9.31. The highest BCUT2D eigenvalue weighted by molar-refractivity contribution is 5.48. The second kappa shape index (κ2) is 4.20. The molecule has 0 radical (unpaired) electrons. The Morgan fingerprint density at radius 1 is 1.29 bits per heavy atom. The number of anilines is 1. The van der Waals surface area contributed by atoms with Crippen molar-refractivity contribution in [2.45, 2.75) is 32.0 Å². The number of halogens is 4. The van der Waals surface area contributed by atoms with E-state index in [0.717, 1.165) is 25.0 Å². The maximum Gasteiger partial charge on any atom is 0.419 e. The molecule has 1 N–H and O–H groups in total. The number of benzene rings is 1. The van der Waals surface area contributed by atoms with E-state index in [-0.39, 0.29) is 6.04 Å². The van der Waals surface area contributed by atoms with Crippen LogP contribution < -0.4 is 5.32 Å². The first kappa shape index (κ1) is 12.2. The van der Waals surface area contributed by atoms with Gasteiger partial charge in [0.25, 0.3) is 0 Å². The predicted molar refractivity (Wildman–Crippen MR) is 57.2 cm³/mol. The minimum atomic E-state index is -4.65. The molecule has 1 aromatic rings. The third kappa shape index (κ3) is 2.90. The van der Waals surface area contributed by atoms with Gasteiger partial charge in [-0.3, -0.25) is 0 Å². The quantitative estimate of drug-likeness (QED) is 0.794. The highest BCUT2D eigenvalue weighted by Gasteiger charge is 2.34. The molecule has 0 spiro atoms. The zero-order valence-corrected chi connectivity index (χ0v) is 9.31. The van der Waals surface area contributed by atoms with Gasteiger partial charge in [-0.1, -0.05) is 0 Å². The Hall–Kier alpha value is -1.26. The number of hydrogen-bond acceptors (Lipinski definition) is 1. The molecule has 2 rings (SSSR count). The average molecular weight is 247 g/mol. The second-order valence-electron chi connectivity index (χ2n) is 4.46. The highest BCUT2D eigenvalue weighted by Crippen LogP contribution is 2.36. The van der Waals surface area contributed by atoms with E-state index in [0.29, 0.717) is 11.6 Å². The largest absolute Gasteiger partial charge is 0.419 e. The molecular formula is C12H13F4N. The first-order chi connectivity index (χ1) is 7.88. The van der Waals surface area contributed by atoms with E-state index < -0.39 is 17.6 Å². The van der Waals surface area contributed by atoms with Crippen molar-refractivity contribution in [3.05, 3.63) is 29.6 Å². The van der Waals surface area contributed by atoms with Crippen LogP contribution in [0.4, 0.5) is 23.2 Å². The maximum atomic E-state index is 13.0. The fraction of sp³-hybridized carbons (Fsp3) is 0.500. The van der Waals surface area contributed by atoms with Gasteiger partial charge in [-0.05, 0) is 43.9 Å². The van der Waals surface area contributed by atoms with Crippen molar-refractivity contribution in [2.24, 2.45) is 5.92 Å². The monoisotopic (exact) mass is 247 g/mol. The molecular weight excluding hydrogens is 234 g/mol. The summed E-state index contributed by atoms with van der Waals surface area (Å²) in [6.45, 7) is 1.92. The summed E-state index contributed by atoms with van der Waals surface area (Å²) in [4.78, 5) is 0. The van der Waals surface area contributed by atoms with Crippen LogP contribution >= 0.6 is 0 Å². The standard InChI is InChI=1S/C12H13F4N/c1-7(8-2-3-8)17-9-4-5-11(13)10(6-9)12(14,15)16/h4-8,17H,2-3H2,1H3. The minimum Gasteiger partial charge on any atom is -0.382 e. The number of nitrogens with one attached hydrogen (secondary N) is 1. The Balaban J connectivity index is 2.18. The van der Waals surface area contributed by atoms with Gasteiger partial charge in [0.2, 0.25) is 0 Å². The Morgan fingerprint density at radius 2 is 1.94 bits per heavy atom. The van der Waals surface area contributed by atoms with Gasteiger partial charge >= 0.3 is 6.18 Å². The molecule has 0 saturated heterocycles. The van der Waals surface area contributed by atoms with Crippen LogP contribution in [-0.4, -0.2) is 6.04 Å². The third-order valence-electron chi connectivity index (χ3n) is 3.00. The van der Waals surface area contributed by atoms with Crippen LogP contribution in [0, 0.1) is 11.7 Å². The third-order valence-corrected chi connectivity index (χ3v) is 3.00. The smallest absolute Gasteiger partial charge is 0.382 e. The molecule has 0 bridgehead atoms. The van der Waals surface area contributed by atoms with Gasteiger partial charge in [0.1, 0.15) is 5.82 Å². The van der Waals surface area contributed by atoms with Crippen LogP contribution in [0.1, 0.15) is 25.3 Å². The lowest BCUT2D eigenvalue weighted by Crippen LogP contribution is -2.18. The SMILES string of the molecule is CC(Nc1ccc(F)c(C(F)(F)F)c1)C1CC1. The average Bonchev–Trinajstić information content (AvgIpc) is 3.02. The highest BCUT2D eigenvalue weighted by atomic mass is 19.4. The molecule has 5 heteroatoms. The van der Waals surface area contributed by atoms with E-state index in [9.17, 15) is 17.6 Å². The fourth-order valence-electron chi connectivity index (χ4n) is 1.81. The number of alkyl halides is 3. The lowest BCUT2D eigenvalue weighted by atomic mass is 10.1. The van der Waals surface area contributed by atoms with Gasteiger partial charge in [0.05, 0.1) is 5.56 Å². The number of hydrogen-bond donors (Lipinski definition) is 1. The van der Waals surface area contributed by atoms with Crippen molar-refractivity contribution in [1.29, 1.82) is 0 Å². The molecule has 0 aliphatic heterocycles. The van der Waals surface area contributed by atoms with Crippen molar-refractivity contribution in [3.8, 4) is 0 Å². The normalized spacial score (nSPS) is 17.9. The Bertz CT molecular complexity index is 409. The summed E-state index contributed by atoms with van der Waals surface area (Å²) in [5, 5.41) is 2.98. The molecule has 0 heterocycles. The minimum absolute atomic E-state index is 0.126. The van der Waals surface area contributed by atoms with Gasteiger partial charge in [0.15, 0.2) is 0 Å². The van der Waals surface area contributed by atoms with Crippen LogP contribution in [0.25, 0.3) is 0 Å². The summed E-state index contributed by atoms with van der Waals surface area (Å²) < 4.78 is 50.4. The van der Waals surface area contributed by atoms with E-state index in [1.54, 1.807) is 0 Å². The van der Waals surface area contributed by atoms with E-state index >= 15 is 0 Å². The van der Waals surface area contributed by atoms with E-state index in [1.807, 2.05) is 6.92 Å². The summed E-state index contributed by atoms with van der Waals surface area (Å²) in [7, 11) is 0. The molecule has 1 aromatic carbocycles. The molecule has 1 nitrogen and oxygen atoms in total. The second-order valence-corrected chi connectivity index (χ2v) is 4.46. The Kier molecular flexibility index (Phi) is 3.02. The van der Waals surface area contributed by atoms with E-state index in [1.165, 1.54) is 6.07 Å². The first-order valence-corrected chi connectivity index (χ1v) is 5.51. The maximum absolute atomic E-state index is 13.0. The van der Waals surface area contributed by atoms with Crippen molar-refractivity contribution < 1.29 is 17.6 Å². The van der Waals surface area contributed by atoms with Gasteiger partial charge in [-0.2, -0.15) is 13.2 Å².